The summed E-state index contributed by atoms with van der Waals surface area (Å²) in [5.41, 5.74) is 5.85. The fourth-order valence-electron chi connectivity index (χ4n) is 7.14. The predicted molar refractivity (Wildman–Crippen MR) is 147 cm³/mol. The maximum atomic E-state index is 14.8. The molecular weight excluding hydrogens is 506 g/mol. The molecule has 2 atom stereocenters. The molecule has 3 aliphatic heterocycles. The van der Waals surface area contributed by atoms with Gasteiger partial charge in [-0.2, -0.15) is 5.26 Å². The monoisotopic (exact) mass is 537 g/mol. The molecule has 0 bridgehead atoms. The number of nitrogens with two attached hydrogens (primary N) is 1. The molecule has 1 amide bonds. The minimum absolute atomic E-state index is 0.000490. The van der Waals surface area contributed by atoms with Gasteiger partial charge in [0.2, 0.25) is 11.8 Å². The maximum Gasteiger partial charge on any atom is 0.343 e. The number of carbonyl (C=O) groups is 3. The molecule has 0 radical (unpaired) electrons. The Hall–Kier alpha value is -4.38. The van der Waals surface area contributed by atoms with Crippen molar-refractivity contribution in [1.29, 1.82) is 5.26 Å². The molecule has 4 aliphatic rings. The van der Waals surface area contributed by atoms with Gasteiger partial charge >= 0.3 is 5.97 Å². The summed E-state index contributed by atoms with van der Waals surface area (Å²) in [5.74, 6) is -0.856. The van der Waals surface area contributed by atoms with E-state index in [0.717, 1.165) is 5.56 Å². The molecule has 40 heavy (non-hydrogen) atoms. The number of nitriles is 1. The molecule has 6 rings (SSSR count). The van der Waals surface area contributed by atoms with Crippen molar-refractivity contribution in [2.45, 2.75) is 70.8 Å². The first-order valence-electron chi connectivity index (χ1n) is 13.5. The van der Waals surface area contributed by atoms with Gasteiger partial charge in [0.25, 0.3) is 0 Å². The molecule has 0 saturated heterocycles. The molecule has 2 aromatic carbocycles. The number of hydrogen-bond acceptors (Lipinski definition) is 7. The highest BCUT2D eigenvalue weighted by molar-refractivity contribution is 6.21. The summed E-state index contributed by atoms with van der Waals surface area (Å²) < 4.78 is 11.8. The van der Waals surface area contributed by atoms with Crippen molar-refractivity contribution in [3.05, 3.63) is 81.9 Å². The molecule has 0 unspecified atom stereocenters. The van der Waals surface area contributed by atoms with E-state index < -0.39 is 28.2 Å². The number of nitrogens with zero attached hydrogens (tertiary/aromatic N) is 2. The molecule has 2 aromatic rings. The highest BCUT2D eigenvalue weighted by atomic mass is 16.5. The van der Waals surface area contributed by atoms with Crippen molar-refractivity contribution < 1.29 is 23.9 Å². The Labute approximate surface area is 233 Å². The third-order valence-corrected chi connectivity index (χ3v) is 8.60. The fraction of sp³-hybridized carbons (Fsp3) is 0.375. The number of carbonyl (C=O) groups excluding carboxylic acids is 3. The van der Waals surface area contributed by atoms with Crippen LogP contribution in [0.2, 0.25) is 0 Å². The Balaban J connectivity index is 1.66. The lowest BCUT2D eigenvalue weighted by Crippen LogP contribution is -2.56. The van der Waals surface area contributed by atoms with Crippen molar-refractivity contribution in [3.8, 4) is 11.8 Å². The third kappa shape index (κ3) is 3.40. The number of ketones is 1. The van der Waals surface area contributed by atoms with Crippen LogP contribution in [-0.2, 0) is 19.7 Å². The van der Waals surface area contributed by atoms with Crippen LogP contribution in [-0.4, -0.2) is 23.2 Å². The number of benzene rings is 2. The summed E-state index contributed by atoms with van der Waals surface area (Å²) in [4.78, 5) is 43.6. The van der Waals surface area contributed by atoms with Gasteiger partial charge in [-0.05, 0) is 61.4 Å². The largest absolute Gasteiger partial charge is 0.444 e. The Morgan fingerprint density at radius 1 is 1.12 bits per heavy atom. The minimum atomic E-state index is -1.79. The van der Waals surface area contributed by atoms with Gasteiger partial charge in [-0.3, -0.25) is 9.59 Å². The lowest BCUT2D eigenvalue weighted by molar-refractivity contribution is -0.126. The second-order valence-electron chi connectivity index (χ2n) is 12.7. The molecule has 8 nitrogen and oxygen atoms in total. The van der Waals surface area contributed by atoms with Crippen LogP contribution in [0.15, 0.2) is 65.3 Å². The number of fused-ring (bicyclic) bond motifs is 2. The number of esters is 1. The molecule has 1 spiro atoms. The zero-order valence-corrected chi connectivity index (χ0v) is 23.3. The first-order valence-corrected chi connectivity index (χ1v) is 13.5. The normalized spacial score (nSPS) is 25.8. The average molecular weight is 538 g/mol. The average Bonchev–Trinajstić information content (AvgIpc) is 3.11. The van der Waals surface area contributed by atoms with Crippen LogP contribution < -0.4 is 15.4 Å². The van der Waals surface area contributed by atoms with Gasteiger partial charge in [-0.15, -0.1) is 0 Å². The zero-order chi connectivity index (χ0) is 28.8. The summed E-state index contributed by atoms with van der Waals surface area (Å²) in [6.45, 7) is 9.94. The van der Waals surface area contributed by atoms with E-state index in [1.807, 2.05) is 33.8 Å². The van der Waals surface area contributed by atoms with Crippen LogP contribution in [0.3, 0.4) is 0 Å². The van der Waals surface area contributed by atoms with Crippen LogP contribution in [0.4, 0.5) is 5.69 Å². The molecule has 0 saturated carbocycles. The summed E-state index contributed by atoms with van der Waals surface area (Å²) in [6, 6.07) is 14.2. The molecule has 2 N–H and O–H groups in total. The third-order valence-electron chi connectivity index (χ3n) is 8.60. The Kier molecular flexibility index (Phi) is 5.38. The van der Waals surface area contributed by atoms with Gasteiger partial charge in [0, 0.05) is 23.9 Å². The van der Waals surface area contributed by atoms with Crippen LogP contribution in [0, 0.1) is 16.7 Å². The lowest BCUT2D eigenvalue weighted by Gasteiger charge is -2.45. The van der Waals surface area contributed by atoms with Crippen LogP contribution in [0.25, 0.3) is 0 Å². The Morgan fingerprint density at radius 2 is 1.82 bits per heavy atom. The number of rotatable bonds is 2. The molecule has 204 valence electrons. The van der Waals surface area contributed by atoms with Crippen molar-refractivity contribution in [2.24, 2.45) is 11.1 Å². The lowest BCUT2D eigenvalue weighted by atomic mass is 9.62. The van der Waals surface area contributed by atoms with E-state index in [1.165, 1.54) is 0 Å². The van der Waals surface area contributed by atoms with Crippen LogP contribution in [0.1, 0.15) is 81.3 Å². The van der Waals surface area contributed by atoms with Crippen LogP contribution >= 0.6 is 0 Å². The van der Waals surface area contributed by atoms with E-state index in [4.69, 9.17) is 15.2 Å². The number of Topliss-reactive ketones (excluding diaryl/α,β-unsaturated/α-hetero) is 1. The molecule has 8 heteroatoms. The quantitative estimate of drug-likeness (QED) is 0.415. The molecule has 3 heterocycles. The van der Waals surface area contributed by atoms with E-state index in [2.05, 4.69) is 13.0 Å². The standard InChI is InChI=1S/C32H31N3O5/c1-17-13-31(4,5)35-26-20(17)11-19(39-28(37)18-9-7-6-8-10-18)12-21(26)32(29(35)38)22(16-33)27(34)40-24-15-30(2,3)14-23(36)25(24)32/h6-12,17H,13-15,34H2,1-5H3/t17-,32-/m0/s1. The first-order chi connectivity index (χ1) is 18.8. The van der Waals surface area contributed by atoms with Gasteiger partial charge in [0.15, 0.2) is 5.78 Å². The smallest absolute Gasteiger partial charge is 0.343 e. The fourth-order valence-corrected chi connectivity index (χ4v) is 7.14. The van der Waals surface area contributed by atoms with Crippen molar-refractivity contribution in [3.63, 3.8) is 0 Å². The number of ether oxygens (including phenoxy) is 2. The van der Waals surface area contributed by atoms with Crippen molar-refractivity contribution in [2.75, 3.05) is 4.90 Å². The summed E-state index contributed by atoms with van der Waals surface area (Å²) in [7, 11) is 0. The van der Waals surface area contributed by atoms with Gasteiger partial charge < -0.3 is 20.1 Å². The molecule has 0 aromatic heterocycles. The van der Waals surface area contributed by atoms with Gasteiger partial charge in [-0.25, -0.2) is 4.79 Å². The van der Waals surface area contributed by atoms with Gasteiger partial charge in [0.05, 0.1) is 16.8 Å². The minimum Gasteiger partial charge on any atom is -0.444 e. The highest BCUT2D eigenvalue weighted by Crippen LogP contribution is 2.62. The predicted octanol–water partition coefficient (Wildman–Crippen LogP) is 5.14. The molecular formula is C32H31N3O5. The van der Waals surface area contributed by atoms with E-state index in [1.54, 1.807) is 41.3 Å². The molecule has 1 aliphatic carbocycles. The topological polar surface area (TPSA) is 123 Å². The second kappa shape index (κ2) is 8.31. The van der Waals surface area contributed by atoms with E-state index >= 15 is 0 Å². The number of amides is 1. The Bertz CT molecular complexity index is 1630. The van der Waals surface area contributed by atoms with E-state index in [-0.39, 0.29) is 40.9 Å². The number of hydrogen-bond donors (Lipinski definition) is 1. The van der Waals surface area contributed by atoms with Crippen LogP contribution in [0.5, 0.6) is 5.75 Å². The summed E-state index contributed by atoms with van der Waals surface area (Å²) in [5, 5.41) is 10.4. The zero-order valence-electron chi connectivity index (χ0n) is 23.3. The van der Waals surface area contributed by atoms with Gasteiger partial charge in [-0.1, -0.05) is 39.0 Å². The maximum absolute atomic E-state index is 14.8. The number of anilines is 1. The second-order valence-corrected chi connectivity index (χ2v) is 12.7. The first kappa shape index (κ1) is 25.9. The summed E-state index contributed by atoms with van der Waals surface area (Å²) in [6.07, 6.45) is 1.20. The Morgan fingerprint density at radius 3 is 2.50 bits per heavy atom. The number of allylic oxidation sites excluding steroid dienone is 1. The summed E-state index contributed by atoms with van der Waals surface area (Å²) >= 11 is 0. The SMILES string of the molecule is C[C@H]1CC(C)(C)N2C(=O)[C@]3(C(C#N)=C(N)OC4=C3C(=O)CC(C)(C)C4)c3cc(OC(=O)c4ccccc4)cc1c32. The van der Waals surface area contributed by atoms with Crippen molar-refractivity contribution >= 4 is 23.3 Å². The van der Waals surface area contributed by atoms with E-state index in [0.29, 0.717) is 35.4 Å². The molecule has 0 fully saturated rings. The van der Waals surface area contributed by atoms with E-state index in [9.17, 15) is 19.6 Å². The van der Waals surface area contributed by atoms with Crippen molar-refractivity contribution in [1.82, 2.24) is 0 Å². The highest BCUT2D eigenvalue weighted by Gasteiger charge is 2.66. The van der Waals surface area contributed by atoms with Gasteiger partial charge in [0.1, 0.15) is 28.6 Å².